The second kappa shape index (κ2) is 6.17. The molecule has 6 nitrogen and oxygen atoms in total. The molecule has 0 radical (unpaired) electrons. The van der Waals surface area contributed by atoms with Crippen LogP contribution in [-0.4, -0.2) is 49.1 Å². The van der Waals surface area contributed by atoms with Crippen molar-refractivity contribution < 1.29 is 17.9 Å². The second-order valence-corrected chi connectivity index (χ2v) is 7.39. The van der Waals surface area contributed by atoms with Gasteiger partial charge in [0, 0.05) is 30.1 Å². The molecule has 2 aromatic rings. The number of carbonyl (C=O) groups is 1. The van der Waals surface area contributed by atoms with E-state index >= 15 is 0 Å². The topological polar surface area (TPSA) is 79.5 Å². The van der Waals surface area contributed by atoms with Crippen molar-refractivity contribution in [3.63, 3.8) is 0 Å². The Morgan fingerprint density at radius 3 is 2.87 bits per heavy atom. The summed E-state index contributed by atoms with van der Waals surface area (Å²) < 4.78 is 30.7. The highest BCUT2D eigenvalue weighted by atomic mass is 32.2. The van der Waals surface area contributed by atoms with Crippen LogP contribution in [0.1, 0.15) is 5.56 Å². The van der Waals surface area contributed by atoms with E-state index in [-0.39, 0.29) is 18.7 Å². The van der Waals surface area contributed by atoms with Crippen molar-refractivity contribution in [1.82, 2.24) is 9.29 Å². The van der Waals surface area contributed by atoms with E-state index in [1.807, 2.05) is 30.5 Å². The number of ether oxygens (including phenoxy) is 1. The molecule has 0 fully saturated rings. The lowest BCUT2D eigenvalue weighted by Gasteiger charge is -2.29. The monoisotopic (exact) mass is 334 g/mol. The van der Waals surface area contributed by atoms with Gasteiger partial charge in [-0.1, -0.05) is 30.4 Å². The minimum Gasteiger partial charge on any atom is -0.468 e. The number of esters is 1. The number of H-pyrrole nitrogens is 1. The normalized spacial score (nSPS) is 18.8. The molecule has 2 heterocycles. The number of methoxy groups -OCH3 is 1. The molecule has 7 heteroatoms. The van der Waals surface area contributed by atoms with Crippen LogP contribution in [0.15, 0.2) is 42.6 Å². The maximum atomic E-state index is 12.3. The molecular weight excluding hydrogens is 316 g/mol. The Kier molecular flexibility index (Phi) is 4.23. The standard InChI is InChI=1S/C16H18N2O4S/c1-22-16(19)15(18-8-4-5-9-23(18,20)21)10-12-11-17-14-7-3-2-6-13(12)14/h2-7,11,15,17H,8-10H2,1H3/t15-/m0/s1. The number of hydrogen-bond donors (Lipinski definition) is 1. The van der Waals surface area contributed by atoms with Gasteiger partial charge in [-0.15, -0.1) is 0 Å². The molecule has 1 aromatic carbocycles. The van der Waals surface area contributed by atoms with Crippen molar-refractivity contribution in [3.8, 4) is 0 Å². The van der Waals surface area contributed by atoms with Gasteiger partial charge in [-0.2, -0.15) is 4.31 Å². The van der Waals surface area contributed by atoms with E-state index in [2.05, 4.69) is 4.98 Å². The van der Waals surface area contributed by atoms with Crippen molar-refractivity contribution in [2.24, 2.45) is 0 Å². The third kappa shape index (κ3) is 3.02. The van der Waals surface area contributed by atoms with Crippen LogP contribution in [0.25, 0.3) is 10.9 Å². The zero-order valence-corrected chi connectivity index (χ0v) is 13.5. The summed E-state index contributed by atoms with van der Waals surface area (Å²) in [6.45, 7) is 0.185. The SMILES string of the molecule is COC(=O)[C@H](Cc1c[nH]c2ccccc12)N1CC=CCS1(=O)=O. The fourth-order valence-electron chi connectivity index (χ4n) is 2.85. The average molecular weight is 334 g/mol. The van der Waals surface area contributed by atoms with Crippen LogP contribution in [0.2, 0.25) is 0 Å². The molecule has 122 valence electrons. The molecule has 0 amide bonds. The van der Waals surface area contributed by atoms with E-state index < -0.39 is 22.0 Å². The molecule has 0 saturated heterocycles. The maximum absolute atomic E-state index is 12.3. The Balaban J connectivity index is 1.97. The first kappa shape index (κ1) is 15.8. The van der Waals surface area contributed by atoms with E-state index in [0.717, 1.165) is 16.5 Å². The highest BCUT2D eigenvalue weighted by Crippen LogP contribution is 2.23. The molecule has 23 heavy (non-hydrogen) atoms. The number of hydrogen-bond acceptors (Lipinski definition) is 4. The second-order valence-electron chi connectivity index (χ2n) is 5.42. The molecule has 0 aliphatic carbocycles. The molecule has 1 aliphatic rings. The van der Waals surface area contributed by atoms with Crippen molar-refractivity contribution in [3.05, 3.63) is 48.2 Å². The summed E-state index contributed by atoms with van der Waals surface area (Å²) in [6, 6.07) is 6.84. The summed E-state index contributed by atoms with van der Waals surface area (Å²) in [7, 11) is -2.22. The molecule has 1 N–H and O–H groups in total. The number of nitrogens with one attached hydrogen (secondary N) is 1. The minimum absolute atomic E-state index is 0.0889. The predicted octanol–water partition coefficient (Wildman–Crippen LogP) is 1.45. The summed E-state index contributed by atoms with van der Waals surface area (Å²) >= 11 is 0. The van der Waals surface area contributed by atoms with Gasteiger partial charge in [0.05, 0.1) is 12.9 Å². The fourth-order valence-corrected chi connectivity index (χ4v) is 4.28. The molecule has 3 rings (SSSR count). The lowest BCUT2D eigenvalue weighted by Crippen LogP contribution is -2.48. The average Bonchev–Trinajstić information content (AvgIpc) is 2.95. The summed E-state index contributed by atoms with van der Waals surface area (Å²) in [5.74, 6) is -0.636. The van der Waals surface area contributed by atoms with Crippen LogP contribution in [0, 0.1) is 0 Å². The lowest BCUT2D eigenvalue weighted by atomic mass is 10.0. The van der Waals surface area contributed by atoms with Crippen LogP contribution < -0.4 is 0 Å². The lowest BCUT2D eigenvalue weighted by molar-refractivity contribution is -0.145. The van der Waals surface area contributed by atoms with Crippen LogP contribution in [0.3, 0.4) is 0 Å². The van der Waals surface area contributed by atoms with E-state index in [0.29, 0.717) is 0 Å². The first-order valence-electron chi connectivity index (χ1n) is 7.30. The van der Waals surface area contributed by atoms with Crippen molar-refractivity contribution in [2.75, 3.05) is 19.4 Å². The molecule has 0 bridgehead atoms. The number of aromatic amines is 1. The first-order chi connectivity index (χ1) is 11.0. The summed E-state index contributed by atoms with van der Waals surface area (Å²) in [6.07, 6.45) is 5.44. The number of carbonyl (C=O) groups excluding carboxylic acids is 1. The zero-order valence-electron chi connectivity index (χ0n) is 12.7. The molecule has 1 atom stereocenters. The third-order valence-electron chi connectivity index (χ3n) is 4.03. The van der Waals surface area contributed by atoms with Crippen LogP contribution in [0.4, 0.5) is 0 Å². The van der Waals surface area contributed by atoms with Gasteiger partial charge >= 0.3 is 5.97 Å². The van der Waals surface area contributed by atoms with E-state index in [9.17, 15) is 13.2 Å². The Bertz CT molecular complexity index is 854. The van der Waals surface area contributed by atoms with Crippen LogP contribution >= 0.6 is 0 Å². The highest BCUT2D eigenvalue weighted by molar-refractivity contribution is 7.89. The third-order valence-corrected chi connectivity index (χ3v) is 5.76. The Hall–Kier alpha value is -2.12. The van der Waals surface area contributed by atoms with Gasteiger partial charge in [0.2, 0.25) is 10.0 Å². The van der Waals surface area contributed by atoms with Crippen molar-refractivity contribution in [1.29, 1.82) is 0 Å². The number of benzene rings is 1. The smallest absolute Gasteiger partial charge is 0.324 e. The quantitative estimate of drug-likeness (QED) is 0.678. The van der Waals surface area contributed by atoms with E-state index in [1.165, 1.54) is 11.4 Å². The van der Waals surface area contributed by atoms with Crippen molar-refractivity contribution in [2.45, 2.75) is 12.5 Å². The Labute approximate surface area is 134 Å². The van der Waals surface area contributed by atoms with Gasteiger partial charge in [-0.25, -0.2) is 8.42 Å². The van der Waals surface area contributed by atoms with Gasteiger partial charge in [-0.05, 0) is 11.6 Å². The number of aromatic nitrogens is 1. The molecule has 1 aliphatic heterocycles. The summed E-state index contributed by atoms with van der Waals surface area (Å²) in [5, 5.41) is 0.978. The molecule has 0 unspecified atom stereocenters. The van der Waals surface area contributed by atoms with Gasteiger partial charge < -0.3 is 9.72 Å². The summed E-state index contributed by atoms with van der Waals surface area (Å²) in [5.41, 5.74) is 1.84. The summed E-state index contributed by atoms with van der Waals surface area (Å²) in [4.78, 5) is 15.3. The van der Waals surface area contributed by atoms with Gasteiger partial charge in [0.15, 0.2) is 0 Å². The first-order valence-corrected chi connectivity index (χ1v) is 8.91. The number of para-hydroxylation sites is 1. The number of rotatable bonds is 4. The molecular formula is C16H18N2O4S. The zero-order chi connectivity index (χ0) is 16.4. The van der Waals surface area contributed by atoms with Crippen molar-refractivity contribution >= 4 is 26.9 Å². The molecule has 1 aromatic heterocycles. The minimum atomic E-state index is -3.50. The fraction of sp³-hybridized carbons (Fsp3) is 0.312. The van der Waals surface area contributed by atoms with Gasteiger partial charge in [0.25, 0.3) is 0 Å². The van der Waals surface area contributed by atoms with E-state index in [4.69, 9.17) is 4.74 Å². The predicted molar refractivity (Wildman–Crippen MR) is 87.4 cm³/mol. The molecule has 0 saturated carbocycles. The Morgan fingerprint density at radius 2 is 2.13 bits per heavy atom. The Morgan fingerprint density at radius 1 is 1.35 bits per heavy atom. The van der Waals surface area contributed by atoms with Crippen LogP contribution in [-0.2, 0) is 26.0 Å². The largest absolute Gasteiger partial charge is 0.468 e. The van der Waals surface area contributed by atoms with E-state index in [1.54, 1.807) is 12.2 Å². The number of sulfonamides is 1. The van der Waals surface area contributed by atoms with Gasteiger partial charge in [0.1, 0.15) is 6.04 Å². The highest BCUT2D eigenvalue weighted by Gasteiger charge is 2.36. The number of nitrogens with zero attached hydrogens (tertiary/aromatic N) is 1. The van der Waals surface area contributed by atoms with Crippen LogP contribution in [0.5, 0.6) is 0 Å². The van der Waals surface area contributed by atoms with Gasteiger partial charge in [-0.3, -0.25) is 4.79 Å². The number of fused-ring (bicyclic) bond motifs is 1. The maximum Gasteiger partial charge on any atom is 0.324 e. The molecule has 0 spiro atoms.